The Kier molecular flexibility index (Phi) is 6.02. The van der Waals surface area contributed by atoms with E-state index in [0.717, 1.165) is 25.7 Å². The van der Waals surface area contributed by atoms with Gasteiger partial charge in [0.25, 0.3) is 0 Å². The van der Waals surface area contributed by atoms with E-state index < -0.39 is 7.94 Å². The van der Waals surface area contributed by atoms with Crippen LogP contribution in [0.2, 0.25) is 0 Å². The summed E-state index contributed by atoms with van der Waals surface area (Å²) in [5.41, 5.74) is -0.289. The van der Waals surface area contributed by atoms with Crippen molar-refractivity contribution >= 4 is 7.94 Å². The van der Waals surface area contributed by atoms with Crippen LogP contribution in [0.1, 0.15) is 46.0 Å². The highest BCUT2D eigenvalue weighted by Crippen LogP contribution is 2.53. The van der Waals surface area contributed by atoms with Crippen LogP contribution in [0.5, 0.6) is 0 Å². The molecule has 12 heavy (non-hydrogen) atoms. The monoisotopic (exact) mass is 195 g/mol. The summed E-state index contributed by atoms with van der Waals surface area (Å²) < 4.78 is 0. The summed E-state index contributed by atoms with van der Waals surface area (Å²) in [6.07, 6.45) is 4.30. The van der Waals surface area contributed by atoms with Gasteiger partial charge in [-0.1, -0.05) is 26.7 Å². The minimum absolute atomic E-state index is 0.289. The average molecular weight is 195 g/mol. The molecule has 0 fully saturated rings. The Morgan fingerprint density at radius 2 is 1.58 bits per heavy atom. The van der Waals surface area contributed by atoms with Crippen LogP contribution >= 0.6 is 7.94 Å². The van der Waals surface area contributed by atoms with Crippen molar-refractivity contribution in [3.63, 3.8) is 0 Å². The minimum atomic E-state index is -3.57. The van der Waals surface area contributed by atoms with Crippen LogP contribution < -0.4 is 0 Å². The van der Waals surface area contributed by atoms with Gasteiger partial charge in [0.1, 0.15) is 0 Å². The Labute approximate surface area is 75.0 Å². The fourth-order valence-corrected chi connectivity index (χ4v) is 2.40. The fourth-order valence-electron chi connectivity index (χ4n) is 1.26. The summed E-state index contributed by atoms with van der Waals surface area (Å²) in [6, 6.07) is 0. The first-order chi connectivity index (χ1) is 5.52. The molecule has 0 saturated heterocycles. The number of hydrogen-bond acceptors (Lipinski definition) is 3. The fraction of sp³-hybridized carbons (Fsp3) is 1.00. The molecule has 3 N–H and O–H groups in total. The smallest absolute Gasteiger partial charge is 0.193 e. The van der Waals surface area contributed by atoms with Gasteiger partial charge in [-0.3, -0.25) is 0 Å². The molecule has 1 unspecified atom stereocenters. The first kappa shape index (κ1) is 12.3. The maximum atomic E-state index is 9.06. The lowest BCUT2D eigenvalue weighted by atomic mass is 10.1. The zero-order valence-corrected chi connectivity index (χ0v) is 8.80. The van der Waals surface area contributed by atoms with Gasteiger partial charge < -0.3 is 0 Å². The first-order valence-corrected chi connectivity index (χ1v) is 6.31. The lowest BCUT2D eigenvalue weighted by molar-refractivity contribution is 0.306. The van der Waals surface area contributed by atoms with Gasteiger partial charge in [-0.25, -0.2) is 0 Å². The molecule has 4 heteroatoms. The highest BCUT2D eigenvalue weighted by atomic mass is 31.2. The van der Waals surface area contributed by atoms with Crippen molar-refractivity contribution < 1.29 is 14.7 Å². The van der Waals surface area contributed by atoms with Crippen LogP contribution in [-0.2, 0) is 0 Å². The highest BCUT2D eigenvalue weighted by molar-refractivity contribution is 7.59. The average Bonchev–Trinajstić information content (AvgIpc) is 1.95. The quantitative estimate of drug-likeness (QED) is 0.569. The first-order valence-electron chi connectivity index (χ1n) is 4.59. The minimum Gasteiger partial charge on any atom is -0.193 e. The van der Waals surface area contributed by atoms with Gasteiger partial charge in [0.15, 0.2) is 5.66 Å². The van der Waals surface area contributed by atoms with Crippen LogP contribution in [0, 0.1) is 0 Å². The molecule has 0 aromatic heterocycles. The van der Waals surface area contributed by atoms with E-state index in [9.17, 15) is 0 Å². The van der Waals surface area contributed by atoms with Crippen LogP contribution in [-0.4, -0.2) is 20.3 Å². The maximum absolute atomic E-state index is 9.06. The molecule has 0 amide bonds. The lowest BCUT2D eigenvalue weighted by Gasteiger charge is -2.15. The molecular formula is C8H20O3P+. The molecule has 0 radical (unpaired) electrons. The third kappa shape index (κ3) is 5.04. The Hall–Kier alpha value is 0.310. The predicted octanol–water partition coefficient (Wildman–Crippen LogP) is 2.08. The standard InChI is InChI=1S/C8H20O3P/c1-3-5-7-8(6-4-2)12(9,10)11/h8-11H,3-7H2,1-2H3/q+1. The van der Waals surface area contributed by atoms with E-state index >= 15 is 0 Å². The van der Waals surface area contributed by atoms with Crippen molar-refractivity contribution in [2.75, 3.05) is 0 Å². The topological polar surface area (TPSA) is 60.7 Å². The lowest BCUT2D eigenvalue weighted by Crippen LogP contribution is -2.12. The number of hydrogen-bond donors (Lipinski definition) is 3. The van der Waals surface area contributed by atoms with Crippen LogP contribution in [0.25, 0.3) is 0 Å². The van der Waals surface area contributed by atoms with Crippen molar-refractivity contribution in [1.29, 1.82) is 0 Å². The second-order valence-electron chi connectivity index (χ2n) is 3.20. The van der Waals surface area contributed by atoms with E-state index in [2.05, 4.69) is 6.92 Å². The number of unbranched alkanes of at least 4 members (excludes halogenated alkanes) is 1. The highest BCUT2D eigenvalue weighted by Gasteiger charge is 2.40. The van der Waals surface area contributed by atoms with E-state index in [1.807, 2.05) is 6.92 Å². The van der Waals surface area contributed by atoms with Gasteiger partial charge in [0, 0.05) is 0 Å². The maximum Gasteiger partial charge on any atom is 0.406 e. The van der Waals surface area contributed by atoms with Crippen LogP contribution in [0.4, 0.5) is 0 Å². The Bertz CT molecular complexity index is 111. The van der Waals surface area contributed by atoms with E-state index in [1.165, 1.54) is 0 Å². The van der Waals surface area contributed by atoms with E-state index in [0.29, 0.717) is 6.42 Å². The van der Waals surface area contributed by atoms with Gasteiger partial charge in [0.2, 0.25) is 0 Å². The normalized spacial score (nSPS) is 14.8. The summed E-state index contributed by atoms with van der Waals surface area (Å²) in [6.45, 7) is 4.03. The molecule has 0 saturated carbocycles. The Balaban J connectivity index is 3.86. The Morgan fingerprint density at radius 1 is 1.00 bits per heavy atom. The van der Waals surface area contributed by atoms with Crippen molar-refractivity contribution in [3.8, 4) is 0 Å². The number of rotatable bonds is 6. The SMILES string of the molecule is CCCCC(CCC)[P+](O)(O)O. The predicted molar refractivity (Wildman–Crippen MR) is 51.8 cm³/mol. The summed E-state index contributed by atoms with van der Waals surface area (Å²) in [4.78, 5) is 27.2. The molecule has 0 aromatic rings. The van der Waals surface area contributed by atoms with Gasteiger partial charge in [-0.05, 0) is 19.3 Å². The van der Waals surface area contributed by atoms with Gasteiger partial charge in [-0.15, -0.1) is 0 Å². The van der Waals surface area contributed by atoms with Crippen molar-refractivity contribution in [1.82, 2.24) is 0 Å². The van der Waals surface area contributed by atoms with Crippen LogP contribution in [0.15, 0.2) is 0 Å². The summed E-state index contributed by atoms with van der Waals surface area (Å²) >= 11 is 0. The molecule has 74 valence electrons. The second kappa shape index (κ2) is 5.87. The van der Waals surface area contributed by atoms with Crippen molar-refractivity contribution in [3.05, 3.63) is 0 Å². The third-order valence-electron chi connectivity index (χ3n) is 2.00. The zero-order chi connectivity index (χ0) is 9.61. The van der Waals surface area contributed by atoms with Crippen molar-refractivity contribution in [2.45, 2.75) is 51.6 Å². The molecule has 0 bridgehead atoms. The molecule has 0 aliphatic rings. The third-order valence-corrected chi connectivity index (χ3v) is 3.50. The van der Waals surface area contributed by atoms with E-state index in [1.54, 1.807) is 0 Å². The molecule has 0 aliphatic heterocycles. The van der Waals surface area contributed by atoms with Crippen LogP contribution in [0.3, 0.4) is 0 Å². The molecule has 0 aromatic carbocycles. The largest absolute Gasteiger partial charge is 0.406 e. The molecule has 0 aliphatic carbocycles. The van der Waals surface area contributed by atoms with Gasteiger partial charge in [0.05, 0.1) is 0 Å². The van der Waals surface area contributed by atoms with Gasteiger partial charge in [-0.2, -0.15) is 14.7 Å². The van der Waals surface area contributed by atoms with Gasteiger partial charge >= 0.3 is 7.94 Å². The molecule has 1 atom stereocenters. The summed E-state index contributed by atoms with van der Waals surface area (Å²) in [7, 11) is -3.57. The molecule has 0 spiro atoms. The second-order valence-corrected chi connectivity index (χ2v) is 5.16. The molecule has 0 rings (SSSR count). The summed E-state index contributed by atoms with van der Waals surface area (Å²) in [5, 5.41) is 0. The molecular weight excluding hydrogens is 175 g/mol. The van der Waals surface area contributed by atoms with E-state index in [-0.39, 0.29) is 5.66 Å². The Morgan fingerprint density at radius 3 is 1.92 bits per heavy atom. The van der Waals surface area contributed by atoms with E-state index in [4.69, 9.17) is 14.7 Å². The molecule has 0 heterocycles. The zero-order valence-electron chi connectivity index (χ0n) is 7.90. The van der Waals surface area contributed by atoms with Crippen molar-refractivity contribution in [2.24, 2.45) is 0 Å². The molecule has 3 nitrogen and oxygen atoms in total. The summed E-state index contributed by atoms with van der Waals surface area (Å²) in [5.74, 6) is 0.